The first kappa shape index (κ1) is 20.3. The maximum Gasteiger partial charge on any atom is 0.273 e. The van der Waals surface area contributed by atoms with Gasteiger partial charge in [0.15, 0.2) is 0 Å². The van der Waals surface area contributed by atoms with Crippen LogP contribution in [0.15, 0.2) is 36.5 Å². The van der Waals surface area contributed by atoms with Crippen molar-refractivity contribution in [3.05, 3.63) is 42.2 Å². The highest BCUT2D eigenvalue weighted by atomic mass is 16.3. The first-order valence-corrected chi connectivity index (χ1v) is 10.8. The van der Waals surface area contributed by atoms with Crippen molar-refractivity contribution in [1.29, 1.82) is 0 Å². The molecule has 1 aromatic carbocycles. The Morgan fingerprint density at radius 3 is 2.72 bits per heavy atom. The number of aliphatic hydroxyl groups excluding tert-OH is 1. The van der Waals surface area contributed by atoms with Crippen LogP contribution >= 0.6 is 0 Å². The fraction of sp³-hybridized carbons (Fsp3) is 0.565. The monoisotopic (exact) mass is 396 g/mol. The van der Waals surface area contributed by atoms with Crippen LogP contribution in [-0.4, -0.2) is 89.7 Å². The van der Waals surface area contributed by atoms with E-state index < -0.39 is 0 Å². The van der Waals surface area contributed by atoms with E-state index in [0.717, 1.165) is 69.3 Å². The third-order valence-electron chi connectivity index (χ3n) is 6.60. The molecule has 1 amide bonds. The molecule has 2 fully saturated rings. The van der Waals surface area contributed by atoms with Crippen LogP contribution in [0.25, 0.3) is 10.8 Å². The number of benzene rings is 1. The highest BCUT2D eigenvalue weighted by molar-refractivity contribution is 6.05. The van der Waals surface area contributed by atoms with Gasteiger partial charge in [0.1, 0.15) is 5.69 Å². The molecule has 2 aliphatic rings. The second-order valence-electron chi connectivity index (χ2n) is 8.45. The van der Waals surface area contributed by atoms with Crippen LogP contribution in [0.1, 0.15) is 29.8 Å². The molecular weight excluding hydrogens is 364 g/mol. The lowest BCUT2D eigenvalue weighted by molar-refractivity contribution is 0.0216. The minimum atomic E-state index is 0.0348. The molecule has 0 bridgehead atoms. The number of likely N-dealkylation sites (tertiary alicyclic amines) is 1. The van der Waals surface area contributed by atoms with Crippen LogP contribution < -0.4 is 0 Å². The summed E-state index contributed by atoms with van der Waals surface area (Å²) in [6, 6.07) is 10.4. The summed E-state index contributed by atoms with van der Waals surface area (Å²) >= 11 is 0. The zero-order valence-electron chi connectivity index (χ0n) is 17.3. The Morgan fingerprint density at radius 2 is 1.93 bits per heavy atom. The molecule has 4 rings (SSSR count). The minimum absolute atomic E-state index is 0.0348. The molecule has 0 unspecified atom stereocenters. The summed E-state index contributed by atoms with van der Waals surface area (Å²) < 4.78 is 0. The van der Waals surface area contributed by atoms with Crippen molar-refractivity contribution >= 4 is 16.7 Å². The normalized spacial score (nSPS) is 24.1. The van der Waals surface area contributed by atoms with Crippen molar-refractivity contribution in [3.63, 3.8) is 0 Å². The molecule has 2 saturated heterocycles. The summed E-state index contributed by atoms with van der Waals surface area (Å²) in [5.41, 5.74) is 0.557. The second-order valence-corrected chi connectivity index (χ2v) is 8.45. The number of hydrogen-bond acceptors (Lipinski definition) is 5. The number of carbonyl (C=O) groups is 1. The Morgan fingerprint density at radius 1 is 1.14 bits per heavy atom. The van der Waals surface area contributed by atoms with Gasteiger partial charge in [-0.2, -0.15) is 0 Å². The summed E-state index contributed by atoms with van der Waals surface area (Å²) in [5.74, 6) is 0.436. The number of amides is 1. The van der Waals surface area contributed by atoms with E-state index in [-0.39, 0.29) is 12.5 Å². The van der Waals surface area contributed by atoms with E-state index in [0.29, 0.717) is 17.7 Å². The van der Waals surface area contributed by atoms with Crippen LogP contribution in [0.3, 0.4) is 0 Å². The first-order valence-electron chi connectivity index (χ1n) is 10.8. The Labute approximate surface area is 173 Å². The number of aromatic nitrogens is 1. The average molecular weight is 397 g/mol. The van der Waals surface area contributed by atoms with Crippen molar-refractivity contribution < 1.29 is 9.90 Å². The fourth-order valence-electron chi connectivity index (χ4n) is 4.92. The SMILES string of the molecule is CN1CCN([C@@H]2CCN(C(=O)c3nccc4ccccc34)C[C@@H]2CCCO)CC1. The summed E-state index contributed by atoms with van der Waals surface area (Å²) in [6.07, 6.45) is 4.48. The smallest absolute Gasteiger partial charge is 0.273 e. The second kappa shape index (κ2) is 9.20. The molecule has 1 N–H and O–H groups in total. The summed E-state index contributed by atoms with van der Waals surface area (Å²) in [4.78, 5) is 24.8. The van der Waals surface area contributed by atoms with Gasteiger partial charge in [-0.3, -0.25) is 14.7 Å². The quantitative estimate of drug-likeness (QED) is 0.839. The van der Waals surface area contributed by atoms with Gasteiger partial charge in [-0.05, 0) is 43.7 Å². The Bertz CT molecular complexity index is 829. The minimum Gasteiger partial charge on any atom is -0.396 e. The van der Waals surface area contributed by atoms with Crippen molar-refractivity contribution in [2.45, 2.75) is 25.3 Å². The van der Waals surface area contributed by atoms with Crippen LogP contribution in [0.5, 0.6) is 0 Å². The molecule has 156 valence electrons. The number of pyridine rings is 1. The third-order valence-corrected chi connectivity index (χ3v) is 6.60. The van der Waals surface area contributed by atoms with Gasteiger partial charge in [-0.1, -0.05) is 24.3 Å². The average Bonchev–Trinajstić information content (AvgIpc) is 2.77. The number of piperidine rings is 1. The van der Waals surface area contributed by atoms with Gasteiger partial charge in [0.2, 0.25) is 0 Å². The number of nitrogens with zero attached hydrogens (tertiary/aromatic N) is 4. The summed E-state index contributed by atoms with van der Waals surface area (Å²) in [5, 5.41) is 11.4. The highest BCUT2D eigenvalue weighted by Crippen LogP contribution is 2.28. The molecule has 0 aliphatic carbocycles. The van der Waals surface area contributed by atoms with E-state index in [1.54, 1.807) is 6.20 Å². The molecule has 6 nitrogen and oxygen atoms in total. The van der Waals surface area contributed by atoms with Gasteiger partial charge in [-0.25, -0.2) is 0 Å². The molecule has 1 aromatic heterocycles. The van der Waals surface area contributed by atoms with Crippen molar-refractivity contribution in [2.24, 2.45) is 5.92 Å². The van der Waals surface area contributed by atoms with Crippen molar-refractivity contribution in [1.82, 2.24) is 19.7 Å². The van der Waals surface area contributed by atoms with E-state index in [1.165, 1.54) is 0 Å². The Kier molecular flexibility index (Phi) is 6.43. The van der Waals surface area contributed by atoms with E-state index in [4.69, 9.17) is 0 Å². The van der Waals surface area contributed by atoms with Crippen molar-refractivity contribution in [2.75, 3.05) is 52.9 Å². The van der Waals surface area contributed by atoms with Crippen LogP contribution in [0.4, 0.5) is 0 Å². The molecule has 6 heteroatoms. The molecule has 3 heterocycles. The van der Waals surface area contributed by atoms with Crippen LogP contribution in [0.2, 0.25) is 0 Å². The predicted octanol–water partition coefficient (Wildman–Crippen LogP) is 2.09. The lowest BCUT2D eigenvalue weighted by Gasteiger charge is -2.46. The number of fused-ring (bicyclic) bond motifs is 1. The molecule has 2 atom stereocenters. The number of aliphatic hydroxyl groups is 1. The highest BCUT2D eigenvalue weighted by Gasteiger charge is 2.36. The molecule has 0 radical (unpaired) electrons. The van der Waals surface area contributed by atoms with Gasteiger partial charge >= 0.3 is 0 Å². The molecule has 2 aliphatic heterocycles. The predicted molar refractivity (Wildman–Crippen MR) is 115 cm³/mol. The van der Waals surface area contributed by atoms with Gasteiger partial charge in [0.05, 0.1) is 0 Å². The summed E-state index contributed by atoms with van der Waals surface area (Å²) in [6.45, 7) is 6.13. The topological polar surface area (TPSA) is 59.9 Å². The van der Waals surface area contributed by atoms with Gasteiger partial charge in [-0.15, -0.1) is 0 Å². The first-order chi connectivity index (χ1) is 14.2. The molecule has 0 saturated carbocycles. The number of carbonyl (C=O) groups excluding carboxylic acids is 1. The Balaban J connectivity index is 1.51. The van der Waals surface area contributed by atoms with E-state index in [1.807, 2.05) is 35.2 Å². The van der Waals surface area contributed by atoms with Crippen LogP contribution in [0, 0.1) is 5.92 Å². The van der Waals surface area contributed by atoms with Gasteiger partial charge in [0.25, 0.3) is 5.91 Å². The van der Waals surface area contributed by atoms with Gasteiger partial charge < -0.3 is 14.9 Å². The zero-order chi connectivity index (χ0) is 20.2. The number of rotatable bonds is 5. The summed E-state index contributed by atoms with van der Waals surface area (Å²) in [7, 11) is 2.18. The molecule has 0 spiro atoms. The van der Waals surface area contributed by atoms with E-state index >= 15 is 0 Å². The van der Waals surface area contributed by atoms with E-state index in [2.05, 4.69) is 21.8 Å². The molecular formula is C23H32N4O2. The van der Waals surface area contributed by atoms with Crippen molar-refractivity contribution in [3.8, 4) is 0 Å². The van der Waals surface area contributed by atoms with E-state index in [9.17, 15) is 9.90 Å². The number of piperazine rings is 1. The zero-order valence-corrected chi connectivity index (χ0v) is 17.3. The maximum atomic E-state index is 13.4. The largest absolute Gasteiger partial charge is 0.396 e. The van der Waals surface area contributed by atoms with Crippen LogP contribution in [-0.2, 0) is 0 Å². The Hall–Kier alpha value is -2.02. The molecule has 29 heavy (non-hydrogen) atoms. The number of likely N-dealkylation sites (N-methyl/N-ethyl adjacent to an activating group) is 1. The number of hydrogen-bond donors (Lipinski definition) is 1. The standard InChI is InChI=1S/C23H32N4O2/c1-25-12-14-26(15-13-25)21-9-11-27(17-19(21)6-4-16-28)23(29)22-20-7-3-2-5-18(20)8-10-24-22/h2-3,5,7-8,10,19,21,28H,4,6,9,11-17H2,1H3/t19-,21+/m0/s1. The van der Waals surface area contributed by atoms with Gasteiger partial charge in [0, 0.05) is 63.5 Å². The maximum absolute atomic E-state index is 13.4. The lowest BCUT2D eigenvalue weighted by Crippen LogP contribution is -2.57. The molecule has 2 aromatic rings. The fourth-order valence-corrected chi connectivity index (χ4v) is 4.92. The third kappa shape index (κ3) is 4.44. The lowest BCUT2D eigenvalue weighted by atomic mass is 9.86.